The summed E-state index contributed by atoms with van der Waals surface area (Å²) in [6.45, 7) is 2.46. The van der Waals surface area contributed by atoms with Gasteiger partial charge in [0.05, 0.1) is 22.2 Å². The van der Waals surface area contributed by atoms with Crippen LogP contribution in [0.15, 0.2) is 59.6 Å². The third-order valence-electron chi connectivity index (χ3n) is 6.07. The highest BCUT2D eigenvalue weighted by atomic mass is 35.5. The molecule has 1 saturated carbocycles. The van der Waals surface area contributed by atoms with Gasteiger partial charge in [0, 0.05) is 23.4 Å². The van der Waals surface area contributed by atoms with Crippen molar-refractivity contribution in [3.8, 4) is 22.7 Å². The average molecular weight is 510 g/mol. The highest BCUT2D eigenvalue weighted by Crippen LogP contribution is 2.39. The molecular formula is C26H24ClN3O2S2. The molecule has 8 heteroatoms. The van der Waals surface area contributed by atoms with E-state index in [2.05, 4.69) is 0 Å². The fourth-order valence-electron chi connectivity index (χ4n) is 4.45. The maximum Gasteiger partial charge on any atom is 0.266 e. The Labute approximate surface area is 213 Å². The SMILES string of the molecule is CCOc1ccc(-c2nn(-c3ccccc3)cc2/C=C2/SC(=S)N(C3CCCC3)C2=O)cc1Cl. The van der Waals surface area contributed by atoms with Gasteiger partial charge < -0.3 is 4.74 Å². The number of carbonyl (C=O) groups is 1. The monoisotopic (exact) mass is 509 g/mol. The molecule has 3 aromatic rings. The zero-order valence-corrected chi connectivity index (χ0v) is 21.1. The second-order valence-corrected chi connectivity index (χ2v) is 10.4. The molecule has 2 fully saturated rings. The molecule has 1 aliphatic heterocycles. The van der Waals surface area contributed by atoms with E-state index in [-0.39, 0.29) is 11.9 Å². The number of thioether (sulfide) groups is 1. The number of hydrogen-bond acceptors (Lipinski definition) is 5. The van der Waals surface area contributed by atoms with Crippen LogP contribution in [0.3, 0.4) is 0 Å². The average Bonchev–Trinajstić information content (AvgIpc) is 3.56. The number of nitrogens with zero attached hydrogens (tertiary/aromatic N) is 3. The first-order valence-corrected chi connectivity index (χ1v) is 13.0. The third kappa shape index (κ3) is 4.52. The van der Waals surface area contributed by atoms with Gasteiger partial charge in [0.2, 0.25) is 0 Å². The summed E-state index contributed by atoms with van der Waals surface area (Å²) in [6, 6.07) is 15.8. The van der Waals surface area contributed by atoms with E-state index in [0.29, 0.717) is 26.6 Å². The van der Waals surface area contributed by atoms with Crippen molar-refractivity contribution >= 4 is 51.9 Å². The number of rotatable bonds is 6. The van der Waals surface area contributed by atoms with Crippen LogP contribution >= 0.6 is 35.6 Å². The minimum Gasteiger partial charge on any atom is -0.492 e. The molecule has 0 radical (unpaired) electrons. The van der Waals surface area contributed by atoms with Gasteiger partial charge in [0.25, 0.3) is 5.91 Å². The summed E-state index contributed by atoms with van der Waals surface area (Å²) < 4.78 is 8.05. The van der Waals surface area contributed by atoms with Gasteiger partial charge in [0.1, 0.15) is 15.8 Å². The van der Waals surface area contributed by atoms with Crippen LogP contribution in [0.2, 0.25) is 5.02 Å². The number of benzene rings is 2. The molecule has 0 N–H and O–H groups in total. The van der Waals surface area contributed by atoms with Crippen molar-refractivity contribution in [1.29, 1.82) is 0 Å². The first-order chi connectivity index (χ1) is 16.5. The summed E-state index contributed by atoms with van der Waals surface area (Å²) >= 11 is 13.4. The van der Waals surface area contributed by atoms with Crippen molar-refractivity contribution in [2.24, 2.45) is 0 Å². The van der Waals surface area contributed by atoms with E-state index in [1.165, 1.54) is 11.8 Å². The minimum atomic E-state index is -0.00922. The number of carbonyl (C=O) groups excluding carboxylic acids is 1. The topological polar surface area (TPSA) is 47.4 Å². The Hall–Kier alpha value is -2.61. The van der Waals surface area contributed by atoms with Gasteiger partial charge >= 0.3 is 0 Å². The van der Waals surface area contributed by atoms with Crippen LogP contribution in [-0.4, -0.2) is 37.6 Å². The Morgan fingerprint density at radius 3 is 2.68 bits per heavy atom. The van der Waals surface area contributed by atoms with Crippen LogP contribution in [0.1, 0.15) is 38.2 Å². The van der Waals surface area contributed by atoms with Gasteiger partial charge in [-0.05, 0) is 56.2 Å². The first-order valence-electron chi connectivity index (χ1n) is 11.4. The van der Waals surface area contributed by atoms with E-state index in [9.17, 15) is 4.79 Å². The van der Waals surface area contributed by atoms with Gasteiger partial charge in [-0.3, -0.25) is 9.69 Å². The maximum atomic E-state index is 13.3. The second kappa shape index (κ2) is 9.94. The minimum absolute atomic E-state index is 0.00922. The molecule has 0 spiro atoms. The maximum absolute atomic E-state index is 13.3. The van der Waals surface area contributed by atoms with E-state index in [4.69, 9.17) is 33.7 Å². The second-order valence-electron chi connectivity index (χ2n) is 8.28. The van der Waals surface area contributed by atoms with Crippen LogP contribution in [-0.2, 0) is 4.79 Å². The summed E-state index contributed by atoms with van der Waals surface area (Å²) in [4.78, 5) is 15.7. The zero-order chi connectivity index (χ0) is 23.7. The first kappa shape index (κ1) is 23.1. The highest BCUT2D eigenvalue weighted by Gasteiger charge is 2.38. The van der Waals surface area contributed by atoms with Crippen LogP contribution in [0.4, 0.5) is 0 Å². The fraction of sp³-hybridized carbons (Fsp3) is 0.269. The van der Waals surface area contributed by atoms with Crippen molar-refractivity contribution < 1.29 is 9.53 Å². The molecule has 1 aromatic heterocycles. The molecule has 0 unspecified atom stereocenters. The molecule has 1 amide bonds. The largest absolute Gasteiger partial charge is 0.492 e. The Morgan fingerprint density at radius 1 is 1.21 bits per heavy atom. The molecule has 5 rings (SSSR count). The van der Waals surface area contributed by atoms with Gasteiger partial charge in [-0.15, -0.1) is 0 Å². The number of aromatic nitrogens is 2. The van der Waals surface area contributed by atoms with Crippen molar-refractivity contribution in [2.45, 2.75) is 38.6 Å². The van der Waals surface area contributed by atoms with Crippen molar-refractivity contribution in [3.63, 3.8) is 0 Å². The highest BCUT2D eigenvalue weighted by molar-refractivity contribution is 8.26. The summed E-state index contributed by atoms with van der Waals surface area (Å²) in [5.74, 6) is 0.624. The van der Waals surface area contributed by atoms with Crippen LogP contribution < -0.4 is 4.74 Å². The lowest BCUT2D eigenvalue weighted by molar-refractivity contribution is -0.123. The Balaban J connectivity index is 1.56. The van der Waals surface area contributed by atoms with Gasteiger partial charge in [-0.1, -0.05) is 66.6 Å². The lowest BCUT2D eigenvalue weighted by atomic mass is 10.1. The third-order valence-corrected chi connectivity index (χ3v) is 7.69. The number of amides is 1. The lowest BCUT2D eigenvalue weighted by Gasteiger charge is -2.21. The normalized spacial score (nSPS) is 17.8. The van der Waals surface area contributed by atoms with E-state index in [0.717, 1.165) is 48.2 Å². The molecule has 5 nitrogen and oxygen atoms in total. The molecule has 1 saturated heterocycles. The summed E-state index contributed by atoms with van der Waals surface area (Å²) in [7, 11) is 0. The van der Waals surface area contributed by atoms with E-state index < -0.39 is 0 Å². The Kier molecular flexibility index (Phi) is 6.77. The van der Waals surface area contributed by atoms with Crippen molar-refractivity contribution in [3.05, 3.63) is 70.2 Å². The van der Waals surface area contributed by atoms with Gasteiger partial charge in [-0.2, -0.15) is 5.10 Å². The quantitative estimate of drug-likeness (QED) is 0.272. The molecule has 2 heterocycles. The molecule has 2 aromatic carbocycles. The van der Waals surface area contributed by atoms with Gasteiger partial charge in [-0.25, -0.2) is 4.68 Å². The molecule has 34 heavy (non-hydrogen) atoms. The summed E-state index contributed by atoms with van der Waals surface area (Å²) in [5.41, 5.74) is 3.34. The van der Waals surface area contributed by atoms with Crippen LogP contribution in [0, 0.1) is 0 Å². The molecule has 0 atom stereocenters. The number of ether oxygens (including phenoxy) is 1. The van der Waals surface area contributed by atoms with E-state index in [1.54, 1.807) is 0 Å². The Bertz CT molecular complexity index is 1270. The van der Waals surface area contributed by atoms with Crippen LogP contribution in [0.5, 0.6) is 5.75 Å². The van der Waals surface area contributed by atoms with Gasteiger partial charge in [0.15, 0.2) is 0 Å². The summed E-state index contributed by atoms with van der Waals surface area (Å²) in [5, 5.41) is 5.38. The number of thiocarbonyl (C=S) groups is 1. The van der Waals surface area contributed by atoms with Crippen molar-refractivity contribution in [1.82, 2.24) is 14.7 Å². The smallest absolute Gasteiger partial charge is 0.266 e. The molecule has 174 valence electrons. The molecule has 2 aliphatic rings. The van der Waals surface area contributed by atoms with E-state index in [1.807, 2.05) is 77.3 Å². The predicted molar refractivity (Wildman–Crippen MR) is 142 cm³/mol. The molecular weight excluding hydrogens is 486 g/mol. The Morgan fingerprint density at radius 2 is 1.97 bits per heavy atom. The number of hydrogen-bond donors (Lipinski definition) is 0. The van der Waals surface area contributed by atoms with Crippen LogP contribution in [0.25, 0.3) is 23.0 Å². The van der Waals surface area contributed by atoms with E-state index >= 15 is 0 Å². The standard InChI is InChI=1S/C26H24ClN3O2S2/c1-2-32-22-13-12-17(14-21(22)27)24-18(16-29(28-24)19-8-4-3-5-9-19)15-23-25(31)30(26(33)34-23)20-10-6-7-11-20/h3-5,8-9,12-16,20H,2,6-7,10-11H2,1H3/b23-15+. The number of para-hydroxylation sites is 1. The fourth-order valence-corrected chi connectivity index (χ4v) is 6.08. The summed E-state index contributed by atoms with van der Waals surface area (Å²) in [6.07, 6.45) is 8.17. The molecule has 1 aliphatic carbocycles. The van der Waals surface area contributed by atoms with Crippen molar-refractivity contribution in [2.75, 3.05) is 6.61 Å². The lowest BCUT2D eigenvalue weighted by Crippen LogP contribution is -2.36. The predicted octanol–water partition coefficient (Wildman–Crippen LogP) is 6.74. The number of halogens is 1. The molecule has 0 bridgehead atoms. The zero-order valence-electron chi connectivity index (χ0n) is 18.7.